The molecule has 1 aromatic carbocycles. The summed E-state index contributed by atoms with van der Waals surface area (Å²) >= 11 is 0. The minimum Gasteiger partial charge on any atom is -0.478 e. The molecule has 0 aromatic heterocycles. The standard InChI is InChI=1S/C10H9NO4/c12-10(13)6-5-8-1-3-9(4-2-8)7-11(14)15/h1-6H,7H2,(H,12,13)/b6-5+. The third kappa shape index (κ3) is 4.04. The van der Waals surface area contributed by atoms with Crippen LogP contribution in [-0.2, 0) is 11.3 Å². The Bertz CT molecular complexity index is 394. The summed E-state index contributed by atoms with van der Waals surface area (Å²) in [4.78, 5) is 20.0. The summed E-state index contributed by atoms with van der Waals surface area (Å²) in [5.41, 5.74) is 1.29. The summed E-state index contributed by atoms with van der Waals surface area (Å²) in [5.74, 6) is -1.02. The minimum atomic E-state index is -1.02. The molecule has 0 aliphatic heterocycles. The highest BCUT2D eigenvalue weighted by molar-refractivity contribution is 5.85. The molecule has 0 amide bonds. The lowest BCUT2D eigenvalue weighted by molar-refractivity contribution is -0.496. The molecule has 0 saturated carbocycles. The summed E-state index contributed by atoms with van der Waals surface area (Å²) < 4.78 is 0. The average molecular weight is 207 g/mol. The van der Waals surface area contributed by atoms with Crippen molar-refractivity contribution in [1.82, 2.24) is 0 Å². The summed E-state index contributed by atoms with van der Waals surface area (Å²) in [5, 5.41) is 18.6. The van der Waals surface area contributed by atoms with E-state index in [1.165, 1.54) is 6.08 Å². The van der Waals surface area contributed by atoms with E-state index in [9.17, 15) is 14.9 Å². The van der Waals surface area contributed by atoms with Gasteiger partial charge in [-0.05, 0) is 11.6 Å². The highest BCUT2D eigenvalue weighted by Gasteiger charge is 1.99. The largest absolute Gasteiger partial charge is 0.478 e. The van der Waals surface area contributed by atoms with Gasteiger partial charge in [0, 0.05) is 16.6 Å². The number of carboxylic acids is 1. The van der Waals surface area contributed by atoms with Gasteiger partial charge in [0.15, 0.2) is 0 Å². The predicted octanol–water partition coefficient (Wildman–Crippen LogP) is 1.56. The van der Waals surface area contributed by atoms with Crippen molar-refractivity contribution in [2.75, 3.05) is 0 Å². The van der Waals surface area contributed by atoms with Crippen molar-refractivity contribution in [2.45, 2.75) is 6.54 Å². The molecule has 0 aliphatic rings. The molecule has 0 heterocycles. The number of hydrogen-bond donors (Lipinski definition) is 1. The van der Waals surface area contributed by atoms with Crippen molar-refractivity contribution < 1.29 is 14.8 Å². The second kappa shape index (κ2) is 4.90. The van der Waals surface area contributed by atoms with Crippen molar-refractivity contribution >= 4 is 12.0 Å². The second-order valence-electron chi connectivity index (χ2n) is 2.90. The highest BCUT2D eigenvalue weighted by atomic mass is 16.6. The molecule has 0 bridgehead atoms. The van der Waals surface area contributed by atoms with Gasteiger partial charge in [-0.2, -0.15) is 0 Å². The molecule has 1 N–H and O–H groups in total. The number of rotatable bonds is 4. The van der Waals surface area contributed by atoms with Gasteiger partial charge in [0.2, 0.25) is 6.54 Å². The normalized spacial score (nSPS) is 10.4. The number of carbonyl (C=O) groups is 1. The van der Waals surface area contributed by atoms with Gasteiger partial charge in [-0.3, -0.25) is 10.1 Å². The summed E-state index contributed by atoms with van der Waals surface area (Å²) in [6.07, 6.45) is 2.45. The zero-order chi connectivity index (χ0) is 11.3. The third-order valence-electron chi connectivity index (χ3n) is 1.71. The predicted molar refractivity (Wildman–Crippen MR) is 53.8 cm³/mol. The first-order chi connectivity index (χ1) is 7.08. The van der Waals surface area contributed by atoms with Crippen LogP contribution in [-0.4, -0.2) is 16.0 Å². The van der Waals surface area contributed by atoms with E-state index in [4.69, 9.17) is 5.11 Å². The molecule has 0 spiro atoms. The van der Waals surface area contributed by atoms with Crippen LogP contribution in [0.4, 0.5) is 0 Å². The molecule has 78 valence electrons. The maximum atomic E-state index is 10.2. The lowest BCUT2D eigenvalue weighted by Gasteiger charge is -1.96. The van der Waals surface area contributed by atoms with Crippen LogP contribution in [0.3, 0.4) is 0 Å². The zero-order valence-corrected chi connectivity index (χ0v) is 7.79. The van der Waals surface area contributed by atoms with E-state index in [1.807, 2.05) is 0 Å². The molecule has 0 aliphatic carbocycles. The molecule has 0 atom stereocenters. The first-order valence-corrected chi connectivity index (χ1v) is 4.19. The fourth-order valence-corrected chi connectivity index (χ4v) is 1.05. The van der Waals surface area contributed by atoms with E-state index in [-0.39, 0.29) is 6.54 Å². The number of carboxylic acid groups (broad SMARTS) is 1. The summed E-state index contributed by atoms with van der Waals surface area (Å²) in [6, 6.07) is 6.48. The van der Waals surface area contributed by atoms with Crippen LogP contribution in [0.1, 0.15) is 11.1 Å². The topological polar surface area (TPSA) is 80.4 Å². The monoisotopic (exact) mass is 207 g/mol. The second-order valence-corrected chi connectivity index (χ2v) is 2.90. The Balaban J connectivity index is 2.72. The van der Waals surface area contributed by atoms with Crippen LogP contribution in [0, 0.1) is 10.1 Å². The number of aliphatic carboxylic acids is 1. The summed E-state index contributed by atoms with van der Waals surface area (Å²) in [6.45, 7) is -0.219. The van der Waals surface area contributed by atoms with Gasteiger partial charge in [-0.1, -0.05) is 24.3 Å². The molecule has 0 unspecified atom stereocenters. The fraction of sp³-hybridized carbons (Fsp3) is 0.100. The van der Waals surface area contributed by atoms with Gasteiger partial charge in [-0.25, -0.2) is 4.79 Å². The van der Waals surface area contributed by atoms with Gasteiger partial charge in [-0.15, -0.1) is 0 Å². The van der Waals surface area contributed by atoms with Crippen molar-refractivity contribution in [3.8, 4) is 0 Å². The molecule has 0 saturated heterocycles. The lowest BCUT2D eigenvalue weighted by Crippen LogP contribution is -1.97. The Hall–Kier alpha value is -2.17. The maximum Gasteiger partial charge on any atom is 0.328 e. The van der Waals surface area contributed by atoms with E-state index in [0.29, 0.717) is 11.1 Å². The van der Waals surface area contributed by atoms with Gasteiger partial charge < -0.3 is 5.11 Å². The lowest BCUT2D eigenvalue weighted by atomic mass is 10.1. The maximum absolute atomic E-state index is 10.2. The first-order valence-electron chi connectivity index (χ1n) is 4.19. The van der Waals surface area contributed by atoms with Crippen LogP contribution >= 0.6 is 0 Å². The van der Waals surface area contributed by atoms with Crippen molar-refractivity contribution in [1.29, 1.82) is 0 Å². The minimum absolute atomic E-state index is 0.219. The smallest absolute Gasteiger partial charge is 0.328 e. The van der Waals surface area contributed by atoms with E-state index < -0.39 is 10.9 Å². The van der Waals surface area contributed by atoms with E-state index >= 15 is 0 Å². The van der Waals surface area contributed by atoms with Crippen LogP contribution in [0.15, 0.2) is 30.3 Å². The molecular formula is C10H9NO4. The van der Waals surface area contributed by atoms with Crippen LogP contribution < -0.4 is 0 Å². The van der Waals surface area contributed by atoms with Crippen molar-refractivity contribution in [3.05, 3.63) is 51.6 Å². The SMILES string of the molecule is O=C(O)/C=C/c1ccc(C[N+](=O)[O-])cc1. The van der Waals surface area contributed by atoms with Gasteiger partial charge >= 0.3 is 5.97 Å². The third-order valence-corrected chi connectivity index (χ3v) is 1.71. The van der Waals surface area contributed by atoms with Crippen LogP contribution in [0.5, 0.6) is 0 Å². The quantitative estimate of drug-likeness (QED) is 0.461. The summed E-state index contributed by atoms with van der Waals surface area (Å²) in [7, 11) is 0. The van der Waals surface area contributed by atoms with Gasteiger partial charge in [0.05, 0.1) is 0 Å². The first kappa shape index (κ1) is 10.9. The average Bonchev–Trinajstić information content (AvgIpc) is 2.16. The Morgan fingerprint density at radius 2 is 2.00 bits per heavy atom. The number of hydrogen-bond acceptors (Lipinski definition) is 3. The molecular weight excluding hydrogens is 198 g/mol. The van der Waals surface area contributed by atoms with Crippen LogP contribution in [0.25, 0.3) is 6.08 Å². The molecule has 1 aromatic rings. The van der Waals surface area contributed by atoms with E-state index in [1.54, 1.807) is 24.3 Å². The number of nitrogens with zero attached hydrogens (tertiary/aromatic N) is 1. The fourth-order valence-electron chi connectivity index (χ4n) is 1.05. The number of nitro groups is 1. The van der Waals surface area contributed by atoms with Gasteiger partial charge in [0.25, 0.3) is 0 Å². The molecule has 1 rings (SSSR count). The zero-order valence-electron chi connectivity index (χ0n) is 7.79. The molecule has 5 heteroatoms. The Morgan fingerprint density at radius 1 is 1.40 bits per heavy atom. The van der Waals surface area contributed by atoms with Gasteiger partial charge in [0.1, 0.15) is 0 Å². The van der Waals surface area contributed by atoms with Crippen molar-refractivity contribution in [2.24, 2.45) is 0 Å². The molecule has 15 heavy (non-hydrogen) atoms. The Morgan fingerprint density at radius 3 is 2.47 bits per heavy atom. The molecule has 0 fully saturated rings. The van der Waals surface area contributed by atoms with E-state index in [0.717, 1.165) is 6.08 Å². The van der Waals surface area contributed by atoms with E-state index in [2.05, 4.69) is 0 Å². The Kier molecular flexibility index (Phi) is 3.56. The Labute approximate surface area is 85.8 Å². The van der Waals surface area contributed by atoms with Crippen molar-refractivity contribution in [3.63, 3.8) is 0 Å². The molecule has 5 nitrogen and oxygen atoms in total. The molecule has 0 radical (unpaired) electrons. The highest BCUT2D eigenvalue weighted by Crippen LogP contribution is 2.06. The van der Waals surface area contributed by atoms with Crippen LogP contribution in [0.2, 0.25) is 0 Å². The number of benzene rings is 1.